The van der Waals surface area contributed by atoms with Crippen LogP contribution in [0.25, 0.3) is 5.57 Å². The third-order valence-electron chi connectivity index (χ3n) is 8.84. The van der Waals surface area contributed by atoms with Crippen LogP contribution in [0.5, 0.6) is 0 Å². The van der Waals surface area contributed by atoms with Gasteiger partial charge in [-0.3, -0.25) is 9.78 Å². The maximum Gasteiger partial charge on any atom is 0.291 e. The predicted molar refractivity (Wildman–Crippen MR) is 145 cm³/mol. The Bertz CT molecular complexity index is 1380. The number of fused-ring (bicyclic) bond motifs is 5. The average Bonchev–Trinajstić information content (AvgIpc) is 3.52. The largest absolute Gasteiger partial charge is 0.363 e. The zero-order chi connectivity index (χ0) is 27.8. The van der Waals surface area contributed by atoms with Crippen molar-refractivity contribution in [3.05, 3.63) is 47.3 Å². The molecule has 0 aromatic carbocycles. The number of nitriles is 1. The van der Waals surface area contributed by atoms with Gasteiger partial charge in [0.1, 0.15) is 24.0 Å². The number of anilines is 1. The van der Waals surface area contributed by atoms with Crippen molar-refractivity contribution in [3.63, 3.8) is 0 Å². The first-order valence-corrected chi connectivity index (χ1v) is 13.8. The summed E-state index contributed by atoms with van der Waals surface area (Å²) in [7, 11) is 0. The van der Waals surface area contributed by atoms with E-state index in [4.69, 9.17) is 24.5 Å². The minimum atomic E-state index is -0.622. The summed E-state index contributed by atoms with van der Waals surface area (Å²) >= 11 is 0. The highest BCUT2D eigenvalue weighted by molar-refractivity contribution is 6.03. The standard InChI is InChI=1S/C30H37N5O4/c1-27(2)11-9-17(10-12-27)22-21(35-26(36)25-32-16-19(15-31)33-25)8-7-20(34-22)18-13-29(5)23-24(30(6,14-18)39-29)38-28(3,4)37-23/h7-9,16,18,23-24H,10-14H2,1-6H3,(H,32,33)(H,35,36)/t18?,23?,24?,29-,30-/m1/s1. The molecule has 5 heterocycles. The van der Waals surface area contributed by atoms with Crippen LogP contribution in [0, 0.1) is 16.7 Å². The summed E-state index contributed by atoms with van der Waals surface area (Å²) in [6.07, 6.45) is 7.79. The van der Waals surface area contributed by atoms with Crippen molar-refractivity contribution in [2.75, 3.05) is 5.32 Å². The van der Waals surface area contributed by atoms with Crippen molar-refractivity contribution in [2.24, 2.45) is 5.41 Å². The number of aromatic amines is 1. The van der Waals surface area contributed by atoms with Crippen molar-refractivity contribution >= 4 is 17.2 Å². The lowest BCUT2D eigenvalue weighted by Gasteiger charge is -2.43. The van der Waals surface area contributed by atoms with Gasteiger partial charge >= 0.3 is 0 Å². The van der Waals surface area contributed by atoms with Crippen LogP contribution < -0.4 is 5.32 Å². The number of H-pyrrole nitrogens is 1. The number of amides is 1. The van der Waals surface area contributed by atoms with Crippen molar-refractivity contribution < 1.29 is 19.0 Å². The highest BCUT2D eigenvalue weighted by atomic mass is 16.8. The van der Waals surface area contributed by atoms with E-state index in [1.807, 2.05) is 32.0 Å². The molecule has 0 spiro atoms. The van der Waals surface area contributed by atoms with Crippen LogP contribution >= 0.6 is 0 Å². The summed E-state index contributed by atoms with van der Waals surface area (Å²) in [5.41, 5.74) is 3.09. The van der Waals surface area contributed by atoms with Crippen LogP contribution in [0.3, 0.4) is 0 Å². The lowest BCUT2D eigenvalue weighted by molar-refractivity contribution is -0.242. The third kappa shape index (κ3) is 4.58. The summed E-state index contributed by atoms with van der Waals surface area (Å²) in [5.74, 6) is -0.778. The van der Waals surface area contributed by atoms with Gasteiger partial charge < -0.3 is 24.5 Å². The van der Waals surface area contributed by atoms with Gasteiger partial charge in [0.15, 0.2) is 11.6 Å². The van der Waals surface area contributed by atoms with E-state index in [1.165, 1.54) is 6.20 Å². The second kappa shape index (κ2) is 8.72. The first kappa shape index (κ1) is 26.2. The van der Waals surface area contributed by atoms with Gasteiger partial charge in [0, 0.05) is 11.6 Å². The number of ether oxygens (including phenoxy) is 3. The molecule has 4 aliphatic rings. The highest BCUT2D eigenvalue weighted by Crippen LogP contribution is 2.58. The van der Waals surface area contributed by atoms with E-state index in [9.17, 15) is 4.79 Å². The number of allylic oxidation sites excluding steroid dienone is 2. The fourth-order valence-electron chi connectivity index (χ4n) is 6.89. The Morgan fingerprint density at radius 2 is 1.79 bits per heavy atom. The minimum Gasteiger partial charge on any atom is -0.363 e. The quantitative estimate of drug-likeness (QED) is 0.537. The molecule has 0 saturated carbocycles. The molecule has 1 amide bonds. The molecular formula is C30H37N5O4. The Morgan fingerprint density at radius 1 is 1.10 bits per heavy atom. The van der Waals surface area contributed by atoms with Gasteiger partial charge in [-0.15, -0.1) is 0 Å². The Morgan fingerprint density at radius 3 is 2.38 bits per heavy atom. The van der Waals surface area contributed by atoms with Crippen LogP contribution in [-0.4, -0.2) is 50.1 Å². The summed E-state index contributed by atoms with van der Waals surface area (Å²) in [6.45, 7) is 12.8. The molecule has 1 aliphatic carbocycles. The van der Waals surface area contributed by atoms with E-state index in [0.717, 1.165) is 49.1 Å². The lowest BCUT2D eigenvalue weighted by atomic mass is 9.77. The summed E-state index contributed by atoms with van der Waals surface area (Å²) < 4.78 is 19.3. The van der Waals surface area contributed by atoms with Gasteiger partial charge in [0.2, 0.25) is 0 Å². The van der Waals surface area contributed by atoms with Crippen molar-refractivity contribution in [3.8, 4) is 6.07 Å². The smallest absolute Gasteiger partial charge is 0.291 e. The maximum atomic E-state index is 13.0. The molecule has 2 unspecified atom stereocenters. The van der Waals surface area contributed by atoms with Gasteiger partial charge in [-0.05, 0) is 82.9 Å². The topological polar surface area (TPSA) is 122 Å². The van der Waals surface area contributed by atoms with Crippen molar-refractivity contribution in [1.29, 1.82) is 5.26 Å². The molecule has 0 radical (unpaired) electrons. The van der Waals surface area contributed by atoms with Crippen LogP contribution in [0.15, 0.2) is 24.4 Å². The Hall–Kier alpha value is -3.06. The van der Waals surface area contributed by atoms with E-state index in [1.54, 1.807) is 0 Å². The Kier molecular flexibility index (Phi) is 5.85. The summed E-state index contributed by atoms with van der Waals surface area (Å²) in [6, 6.07) is 5.93. The molecule has 9 heteroatoms. The Balaban J connectivity index is 1.33. The van der Waals surface area contributed by atoms with Gasteiger partial charge in [-0.2, -0.15) is 5.26 Å². The molecule has 2 bridgehead atoms. The summed E-state index contributed by atoms with van der Waals surface area (Å²) in [5, 5.41) is 12.1. The minimum absolute atomic E-state index is 0.0941. The molecule has 2 aromatic rings. The van der Waals surface area contributed by atoms with Crippen LogP contribution in [0.4, 0.5) is 5.69 Å². The molecular weight excluding hydrogens is 494 g/mol. The molecule has 39 heavy (non-hydrogen) atoms. The molecule has 4 atom stereocenters. The average molecular weight is 532 g/mol. The number of pyridine rings is 1. The number of rotatable bonds is 4. The fraction of sp³-hybridized carbons (Fsp3) is 0.600. The molecule has 2 N–H and O–H groups in total. The fourth-order valence-corrected chi connectivity index (χ4v) is 6.89. The monoisotopic (exact) mass is 531 g/mol. The third-order valence-corrected chi connectivity index (χ3v) is 8.84. The van der Waals surface area contributed by atoms with E-state index in [2.05, 4.69) is 49.1 Å². The molecule has 3 saturated heterocycles. The van der Waals surface area contributed by atoms with E-state index < -0.39 is 22.9 Å². The van der Waals surface area contributed by atoms with Gasteiger partial charge in [-0.1, -0.05) is 19.9 Å². The molecule has 3 fully saturated rings. The van der Waals surface area contributed by atoms with Crippen molar-refractivity contribution in [1.82, 2.24) is 15.0 Å². The number of hydrogen-bond acceptors (Lipinski definition) is 7. The van der Waals surface area contributed by atoms with Gasteiger partial charge in [0.25, 0.3) is 5.91 Å². The van der Waals surface area contributed by atoms with E-state index in [-0.39, 0.29) is 35.1 Å². The highest BCUT2D eigenvalue weighted by Gasteiger charge is 2.68. The number of carbonyl (C=O) groups is 1. The second-order valence-corrected chi connectivity index (χ2v) is 13.3. The second-order valence-electron chi connectivity index (χ2n) is 13.3. The van der Waals surface area contributed by atoms with Crippen LogP contribution in [0.1, 0.15) is 107 Å². The van der Waals surface area contributed by atoms with E-state index in [0.29, 0.717) is 5.69 Å². The van der Waals surface area contributed by atoms with Crippen molar-refractivity contribution in [2.45, 2.75) is 109 Å². The SMILES string of the molecule is CC1(C)CC=C(c2nc(C3C[C@@]4(C)O[C@](C)(C3)C3OC(C)(C)OC34)ccc2NC(=O)c2ncc(C#N)[nH]2)CC1. The van der Waals surface area contributed by atoms with E-state index >= 15 is 0 Å². The zero-order valence-corrected chi connectivity index (χ0v) is 23.6. The van der Waals surface area contributed by atoms with Crippen LogP contribution in [0.2, 0.25) is 0 Å². The molecule has 6 rings (SSSR count). The number of carbonyl (C=O) groups excluding carboxylic acids is 1. The zero-order valence-electron chi connectivity index (χ0n) is 23.6. The first-order chi connectivity index (χ1) is 18.3. The molecule has 3 aliphatic heterocycles. The lowest BCUT2D eigenvalue weighted by Crippen LogP contribution is -2.46. The first-order valence-electron chi connectivity index (χ1n) is 13.8. The number of nitrogens with one attached hydrogen (secondary N) is 2. The van der Waals surface area contributed by atoms with Crippen LogP contribution in [-0.2, 0) is 14.2 Å². The predicted octanol–water partition coefficient (Wildman–Crippen LogP) is 5.47. The molecule has 206 valence electrons. The number of nitrogens with zero attached hydrogens (tertiary/aromatic N) is 3. The summed E-state index contributed by atoms with van der Waals surface area (Å²) in [4.78, 5) is 25.0. The molecule has 2 aromatic heterocycles. The molecule has 9 nitrogen and oxygen atoms in total. The van der Waals surface area contributed by atoms with Gasteiger partial charge in [-0.25, -0.2) is 4.98 Å². The Labute approximate surface area is 229 Å². The normalized spacial score (nSPS) is 34.2. The maximum absolute atomic E-state index is 13.0. The number of imidazole rings is 1. The number of hydrogen-bond donors (Lipinski definition) is 2. The van der Waals surface area contributed by atoms with Gasteiger partial charge in [0.05, 0.1) is 28.8 Å². The number of aromatic nitrogens is 3.